The number of rotatable bonds is 8. The number of carbonyl (C=O) groups is 1. The van der Waals surface area contributed by atoms with Crippen LogP contribution < -0.4 is 14.8 Å². The Hall–Kier alpha value is -2.99. The number of fused-ring (bicyclic) bond motifs is 1. The van der Waals surface area contributed by atoms with Gasteiger partial charge in [-0.05, 0) is 24.6 Å². The van der Waals surface area contributed by atoms with Crippen molar-refractivity contribution >= 4 is 16.9 Å². The van der Waals surface area contributed by atoms with Gasteiger partial charge in [-0.1, -0.05) is 30.3 Å². The van der Waals surface area contributed by atoms with Crippen molar-refractivity contribution in [2.24, 2.45) is 0 Å². The van der Waals surface area contributed by atoms with Crippen LogP contribution in [0.1, 0.15) is 24.0 Å². The zero-order valence-electron chi connectivity index (χ0n) is 16.6. The maximum atomic E-state index is 11.8. The number of methoxy groups -OCH3 is 3. The smallest absolute Gasteiger partial charge is 0.322 e. The second-order valence-electron chi connectivity index (χ2n) is 6.58. The molecule has 2 atom stereocenters. The lowest BCUT2D eigenvalue weighted by atomic mass is 9.89. The Morgan fingerprint density at radius 1 is 1.04 bits per heavy atom. The van der Waals surface area contributed by atoms with Gasteiger partial charge in [0.15, 0.2) is 11.5 Å². The summed E-state index contributed by atoms with van der Waals surface area (Å²) >= 11 is 0. The van der Waals surface area contributed by atoms with E-state index in [4.69, 9.17) is 14.2 Å². The van der Waals surface area contributed by atoms with Crippen molar-refractivity contribution in [2.45, 2.75) is 18.9 Å². The number of aromatic nitrogens is 1. The SMILES string of the molecule is COC(=O)[C@H](C)NC[C@H](c1cccc(OC)c1OC)c1c[nH]c2ccccc12. The van der Waals surface area contributed by atoms with Crippen molar-refractivity contribution in [2.75, 3.05) is 27.9 Å². The van der Waals surface area contributed by atoms with Crippen molar-refractivity contribution in [1.82, 2.24) is 10.3 Å². The summed E-state index contributed by atoms with van der Waals surface area (Å²) in [4.78, 5) is 15.2. The van der Waals surface area contributed by atoms with E-state index in [2.05, 4.69) is 16.4 Å². The summed E-state index contributed by atoms with van der Waals surface area (Å²) in [6.07, 6.45) is 2.01. The van der Waals surface area contributed by atoms with Crippen LogP contribution in [-0.4, -0.2) is 44.9 Å². The predicted octanol–water partition coefficient (Wildman–Crippen LogP) is 3.47. The molecule has 0 fully saturated rings. The summed E-state index contributed by atoms with van der Waals surface area (Å²) in [5.74, 6) is 1.00. The highest BCUT2D eigenvalue weighted by Gasteiger charge is 2.25. The third kappa shape index (κ3) is 3.82. The first-order chi connectivity index (χ1) is 13.6. The van der Waals surface area contributed by atoms with Gasteiger partial charge in [0.05, 0.1) is 21.3 Å². The third-order valence-corrected chi connectivity index (χ3v) is 4.99. The van der Waals surface area contributed by atoms with Gasteiger partial charge in [-0.3, -0.25) is 4.79 Å². The predicted molar refractivity (Wildman–Crippen MR) is 109 cm³/mol. The standard InChI is InChI=1S/C22H26N2O4/c1-14(22(25)28-4)23-12-18(16-9-7-11-20(26-2)21(16)27-3)17-13-24-19-10-6-5-8-15(17)19/h5-11,13-14,18,23-24H,12H2,1-4H3/t14-,18+/m0/s1. The average Bonchev–Trinajstić information content (AvgIpc) is 3.16. The van der Waals surface area contributed by atoms with Crippen LogP contribution in [0.4, 0.5) is 0 Å². The molecule has 28 heavy (non-hydrogen) atoms. The van der Waals surface area contributed by atoms with Crippen molar-refractivity contribution < 1.29 is 19.0 Å². The second-order valence-corrected chi connectivity index (χ2v) is 6.58. The fourth-order valence-electron chi connectivity index (χ4n) is 3.51. The first-order valence-electron chi connectivity index (χ1n) is 9.18. The normalized spacial score (nSPS) is 13.1. The highest BCUT2D eigenvalue weighted by Crippen LogP contribution is 2.40. The van der Waals surface area contributed by atoms with Gasteiger partial charge in [0.25, 0.3) is 0 Å². The molecule has 0 bridgehead atoms. The molecule has 0 radical (unpaired) electrons. The van der Waals surface area contributed by atoms with Gasteiger partial charge in [0.1, 0.15) is 6.04 Å². The van der Waals surface area contributed by atoms with E-state index in [1.807, 2.05) is 42.6 Å². The molecule has 6 nitrogen and oxygen atoms in total. The molecular weight excluding hydrogens is 356 g/mol. The second kappa shape index (κ2) is 8.80. The molecule has 1 heterocycles. The van der Waals surface area contributed by atoms with Gasteiger partial charge in [-0.2, -0.15) is 0 Å². The molecule has 0 amide bonds. The Morgan fingerprint density at radius 2 is 1.82 bits per heavy atom. The minimum Gasteiger partial charge on any atom is -0.493 e. The maximum absolute atomic E-state index is 11.8. The van der Waals surface area contributed by atoms with Gasteiger partial charge in [0, 0.05) is 35.1 Å². The number of ether oxygens (including phenoxy) is 3. The van der Waals surface area contributed by atoms with E-state index >= 15 is 0 Å². The molecule has 148 valence electrons. The van der Waals surface area contributed by atoms with E-state index in [-0.39, 0.29) is 11.9 Å². The Bertz CT molecular complexity index is 951. The first kappa shape index (κ1) is 19.8. The fourth-order valence-corrected chi connectivity index (χ4v) is 3.51. The van der Waals surface area contributed by atoms with E-state index < -0.39 is 6.04 Å². The van der Waals surface area contributed by atoms with E-state index in [0.29, 0.717) is 18.0 Å². The number of H-pyrrole nitrogens is 1. The third-order valence-electron chi connectivity index (χ3n) is 4.99. The van der Waals surface area contributed by atoms with Crippen LogP contribution in [0, 0.1) is 0 Å². The molecule has 0 aliphatic rings. The Labute approximate surface area is 164 Å². The van der Waals surface area contributed by atoms with Crippen molar-refractivity contribution in [3.8, 4) is 11.5 Å². The number of nitrogens with one attached hydrogen (secondary N) is 2. The van der Waals surface area contributed by atoms with Crippen LogP contribution in [0.15, 0.2) is 48.7 Å². The number of esters is 1. The molecular formula is C22H26N2O4. The minimum absolute atomic E-state index is 0.0618. The molecule has 0 aliphatic heterocycles. The average molecular weight is 382 g/mol. The van der Waals surface area contributed by atoms with E-state index in [1.54, 1.807) is 21.1 Å². The number of hydrogen-bond donors (Lipinski definition) is 2. The molecule has 2 aromatic carbocycles. The van der Waals surface area contributed by atoms with Crippen LogP contribution in [-0.2, 0) is 9.53 Å². The maximum Gasteiger partial charge on any atom is 0.322 e. The summed E-state index contributed by atoms with van der Waals surface area (Å²) in [5, 5.41) is 4.42. The van der Waals surface area contributed by atoms with Crippen LogP contribution in [0.3, 0.4) is 0 Å². The lowest BCUT2D eigenvalue weighted by molar-refractivity contribution is -0.142. The Morgan fingerprint density at radius 3 is 2.54 bits per heavy atom. The van der Waals surface area contributed by atoms with Gasteiger partial charge in [-0.25, -0.2) is 0 Å². The number of aromatic amines is 1. The lowest BCUT2D eigenvalue weighted by Crippen LogP contribution is -2.37. The summed E-state index contributed by atoms with van der Waals surface area (Å²) in [6, 6.07) is 13.6. The molecule has 0 unspecified atom stereocenters. The summed E-state index contributed by atoms with van der Waals surface area (Å²) < 4.78 is 16.0. The largest absolute Gasteiger partial charge is 0.493 e. The lowest BCUT2D eigenvalue weighted by Gasteiger charge is -2.23. The Balaban J connectivity index is 2.06. The number of carbonyl (C=O) groups excluding carboxylic acids is 1. The van der Waals surface area contributed by atoms with Gasteiger partial charge >= 0.3 is 5.97 Å². The molecule has 0 spiro atoms. The molecule has 0 aliphatic carbocycles. The first-order valence-corrected chi connectivity index (χ1v) is 9.18. The number of benzene rings is 2. The van der Waals surface area contributed by atoms with Crippen LogP contribution >= 0.6 is 0 Å². The topological polar surface area (TPSA) is 72.6 Å². The van der Waals surface area contributed by atoms with E-state index in [1.165, 1.54) is 7.11 Å². The summed E-state index contributed by atoms with van der Waals surface area (Å²) in [7, 11) is 4.65. The zero-order chi connectivity index (χ0) is 20.1. The van der Waals surface area contributed by atoms with Crippen molar-refractivity contribution in [1.29, 1.82) is 0 Å². The fraction of sp³-hybridized carbons (Fsp3) is 0.318. The molecule has 0 saturated heterocycles. The molecule has 2 N–H and O–H groups in total. The van der Waals surface area contributed by atoms with E-state index in [0.717, 1.165) is 22.0 Å². The van der Waals surface area contributed by atoms with Crippen LogP contribution in [0.2, 0.25) is 0 Å². The van der Waals surface area contributed by atoms with Gasteiger partial charge in [0.2, 0.25) is 0 Å². The number of para-hydroxylation sites is 2. The zero-order valence-corrected chi connectivity index (χ0v) is 16.6. The van der Waals surface area contributed by atoms with Gasteiger partial charge in [-0.15, -0.1) is 0 Å². The van der Waals surface area contributed by atoms with Crippen LogP contribution in [0.25, 0.3) is 10.9 Å². The quantitative estimate of drug-likeness (QED) is 0.584. The monoisotopic (exact) mass is 382 g/mol. The minimum atomic E-state index is -0.422. The summed E-state index contributed by atoms with van der Waals surface area (Å²) in [6.45, 7) is 2.32. The summed E-state index contributed by atoms with van der Waals surface area (Å²) in [5.41, 5.74) is 3.16. The highest BCUT2D eigenvalue weighted by molar-refractivity contribution is 5.84. The molecule has 1 aromatic heterocycles. The molecule has 3 rings (SSSR count). The Kier molecular flexibility index (Phi) is 6.21. The number of hydrogen-bond acceptors (Lipinski definition) is 5. The van der Waals surface area contributed by atoms with E-state index in [9.17, 15) is 4.79 Å². The highest BCUT2D eigenvalue weighted by atomic mass is 16.5. The van der Waals surface area contributed by atoms with Gasteiger partial charge < -0.3 is 24.5 Å². The molecule has 3 aromatic rings. The van der Waals surface area contributed by atoms with Crippen LogP contribution in [0.5, 0.6) is 11.5 Å². The molecule has 6 heteroatoms. The van der Waals surface area contributed by atoms with Crippen molar-refractivity contribution in [3.05, 3.63) is 59.8 Å². The van der Waals surface area contributed by atoms with Crippen molar-refractivity contribution in [3.63, 3.8) is 0 Å². The molecule has 0 saturated carbocycles.